The lowest BCUT2D eigenvalue weighted by molar-refractivity contribution is -0.134. The zero-order valence-electron chi connectivity index (χ0n) is 6.67. The summed E-state index contributed by atoms with van der Waals surface area (Å²) in [5, 5.41) is 3.10. The van der Waals surface area contributed by atoms with E-state index < -0.39 is 0 Å². The third-order valence-electron chi connectivity index (χ3n) is 1.86. The molecule has 1 rings (SSSR count). The summed E-state index contributed by atoms with van der Waals surface area (Å²) in [7, 11) is 1.37. The third-order valence-corrected chi connectivity index (χ3v) is 1.86. The van der Waals surface area contributed by atoms with Gasteiger partial charge in [0.1, 0.15) is 0 Å². The number of ether oxygens (including phenoxy) is 1. The number of hydrogen-bond donors (Lipinski definition) is 1. The van der Waals surface area contributed by atoms with E-state index in [1.54, 1.807) is 6.20 Å². The zero-order valence-corrected chi connectivity index (χ0v) is 6.67. The van der Waals surface area contributed by atoms with Crippen molar-refractivity contribution in [3.8, 4) is 0 Å². The van der Waals surface area contributed by atoms with E-state index in [1.807, 2.05) is 0 Å². The van der Waals surface area contributed by atoms with Crippen molar-refractivity contribution in [2.24, 2.45) is 0 Å². The predicted molar refractivity (Wildman–Crippen MR) is 41.9 cm³/mol. The fraction of sp³-hybridized carbons (Fsp3) is 0.625. The van der Waals surface area contributed by atoms with Gasteiger partial charge < -0.3 is 10.1 Å². The molecule has 0 unspecified atom stereocenters. The summed E-state index contributed by atoms with van der Waals surface area (Å²) in [6, 6.07) is 0.580. The Labute approximate surface area is 66.4 Å². The number of carbonyl (C=O) groups is 1. The number of carbonyl (C=O) groups excluding carboxylic acids is 1. The summed E-state index contributed by atoms with van der Waals surface area (Å²) in [5.41, 5.74) is 0. The summed E-state index contributed by atoms with van der Waals surface area (Å²) in [5.74, 6) is -0.308. The normalized spacial score (nSPS) is 17.9. The molecule has 0 atom stereocenters. The standard InChI is InChI=1S/C8H13NO2/c1-11-8(10)5-6-9-7-3-2-4-7/h5-7,9H,2-4H2,1H3/b6-5+. The van der Waals surface area contributed by atoms with E-state index in [9.17, 15) is 4.79 Å². The van der Waals surface area contributed by atoms with Gasteiger partial charge in [0.05, 0.1) is 7.11 Å². The van der Waals surface area contributed by atoms with Crippen molar-refractivity contribution in [1.82, 2.24) is 5.32 Å². The molecule has 62 valence electrons. The molecule has 0 amide bonds. The molecule has 1 fully saturated rings. The number of methoxy groups -OCH3 is 1. The Morgan fingerprint density at radius 2 is 2.36 bits per heavy atom. The second kappa shape index (κ2) is 4.01. The van der Waals surface area contributed by atoms with Crippen LogP contribution in [0.5, 0.6) is 0 Å². The SMILES string of the molecule is COC(=O)/C=C/NC1CCC1. The maximum Gasteiger partial charge on any atom is 0.331 e. The predicted octanol–water partition coefficient (Wildman–Crippen LogP) is 0.815. The summed E-state index contributed by atoms with van der Waals surface area (Å²) >= 11 is 0. The van der Waals surface area contributed by atoms with E-state index in [1.165, 1.54) is 32.4 Å². The molecule has 0 spiro atoms. The van der Waals surface area contributed by atoms with Crippen LogP contribution in [0.15, 0.2) is 12.3 Å². The minimum Gasteiger partial charge on any atom is -0.466 e. The number of hydrogen-bond acceptors (Lipinski definition) is 3. The van der Waals surface area contributed by atoms with E-state index in [2.05, 4.69) is 10.1 Å². The highest BCUT2D eigenvalue weighted by molar-refractivity contribution is 5.81. The molecule has 0 heterocycles. The van der Waals surface area contributed by atoms with E-state index in [-0.39, 0.29) is 5.97 Å². The topological polar surface area (TPSA) is 38.3 Å². The van der Waals surface area contributed by atoms with Crippen molar-refractivity contribution >= 4 is 5.97 Å². The lowest BCUT2D eigenvalue weighted by atomic mass is 9.93. The van der Waals surface area contributed by atoms with E-state index in [0.29, 0.717) is 6.04 Å². The van der Waals surface area contributed by atoms with E-state index in [0.717, 1.165) is 0 Å². The highest BCUT2D eigenvalue weighted by Crippen LogP contribution is 2.17. The molecule has 3 nitrogen and oxygen atoms in total. The van der Waals surface area contributed by atoms with Crippen LogP contribution in [0.3, 0.4) is 0 Å². The molecule has 0 radical (unpaired) electrons. The molecule has 1 saturated carbocycles. The Kier molecular flexibility index (Phi) is 2.95. The van der Waals surface area contributed by atoms with Gasteiger partial charge in [-0.1, -0.05) is 0 Å². The van der Waals surface area contributed by atoms with Gasteiger partial charge >= 0.3 is 5.97 Å². The average Bonchev–Trinajstić information content (AvgIpc) is 1.94. The van der Waals surface area contributed by atoms with Crippen molar-refractivity contribution in [3.63, 3.8) is 0 Å². The van der Waals surface area contributed by atoms with Gasteiger partial charge in [0.15, 0.2) is 0 Å². The lowest BCUT2D eigenvalue weighted by Gasteiger charge is -2.25. The first-order valence-electron chi connectivity index (χ1n) is 3.83. The summed E-state index contributed by atoms with van der Waals surface area (Å²) in [6.45, 7) is 0. The highest BCUT2D eigenvalue weighted by Gasteiger charge is 2.14. The molecular weight excluding hydrogens is 142 g/mol. The van der Waals surface area contributed by atoms with Gasteiger partial charge in [-0.2, -0.15) is 0 Å². The monoisotopic (exact) mass is 155 g/mol. The maximum atomic E-state index is 10.6. The average molecular weight is 155 g/mol. The Balaban J connectivity index is 2.09. The molecule has 11 heavy (non-hydrogen) atoms. The molecule has 3 heteroatoms. The second-order valence-electron chi connectivity index (χ2n) is 2.65. The van der Waals surface area contributed by atoms with E-state index in [4.69, 9.17) is 0 Å². The Morgan fingerprint density at radius 1 is 1.64 bits per heavy atom. The first kappa shape index (κ1) is 8.11. The smallest absolute Gasteiger partial charge is 0.331 e. The molecule has 0 bridgehead atoms. The molecule has 0 saturated heterocycles. The van der Waals surface area contributed by atoms with Gasteiger partial charge in [-0.3, -0.25) is 0 Å². The summed E-state index contributed by atoms with van der Waals surface area (Å²) in [4.78, 5) is 10.6. The van der Waals surface area contributed by atoms with Gasteiger partial charge in [0.2, 0.25) is 0 Å². The van der Waals surface area contributed by atoms with Crippen molar-refractivity contribution in [1.29, 1.82) is 0 Å². The Hall–Kier alpha value is -0.990. The van der Waals surface area contributed by atoms with Crippen LogP contribution in [0, 0.1) is 0 Å². The van der Waals surface area contributed by atoms with Crippen LogP contribution in [-0.4, -0.2) is 19.1 Å². The van der Waals surface area contributed by atoms with Gasteiger partial charge in [0, 0.05) is 18.3 Å². The van der Waals surface area contributed by atoms with Crippen LogP contribution in [0.2, 0.25) is 0 Å². The molecule has 0 aliphatic heterocycles. The third kappa shape index (κ3) is 2.62. The lowest BCUT2D eigenvalue weighted by Crippen LogP contribution is -2.31. The number of esters is 1. The van der Waals surface area contributed by atoms with Crippen LogP contribution >= 0.6 is 0 Å². The fourth-order valence-corrected chi connectivity index (χ4v) is 0.895. The Bertz CT molecular complexity index is 161. The van der Waals surface area contributed by atoms with Crippen LogP contribution in [0.4, 0.5) is 0 Å². The molecule has 1 aliphatic carbocycles. The molecule has 1 N–H and O–H groups in total. The van der Waals surface area contributed by atoms with Crippen LogP contribution in [0.25, 0.3) is 0 Å². The largest absolute Gasteiger partial charge is 0.466 e. The minimum atomic E-state index is -0.308. The Morgan fingerprint density at radius 3 is 2.82 bits per heavy atom. The van der Waals surface area contributed by atoms with Crippen molar-refractivity contribution in [2.75, 3.05) is 7.11 Å². The first-order chi connectivity index (χ1) is 5.33. The van der Waals surface area contributed by atoms with Gasteiger partial charge in [-0.05, 0) is 19.3 Å². The van der Waals surface area contributed by atoms with Gasteiger partial charge in [-0.15, -0.1) is 0 Å². The quantitative estimate of drug-likeness (QED) is 0.484. The minimum absolute atomic E-state index is 0.308. The molecule has 0 aromatic rings. The summed E-state index contributed by atoms with van der Waals surface area (Å²) in [6.07, 6.45) is 6.79. The number of nitrogens with one attached hydrogen (secondary N) is 1. The molecule has 0 aromatic heterocycles. The van der Waals surface area contributed by atoms with Gasteiger partial charge in [-0.25, -0.2) is 4.79 Å². The zero-order chi connectivity index (χ0) is 8.10. The fourth-order valence-electron chi connectivity index (χ4n) is 0.895. The molecule has 0 aromatic carbocycles. The van der Waals surface area contributed by atoms with Crippen LogP contribution < -0.4 is 5.32 Å². The van der Waals surface area contributed by atoms with Gasteiger partial charge in [0.25, 0.3) is 0 Å². The number of rotatable bonds is 3. The summed E-state index contributed by atoms with van der Waals surface area (Å²) < 4.78 is 4.42. The van der Waals surface area contributed by atoms with Crippen LogP contribution in [0.1, 0.15) is 19.3 Å². The second-order valence-corrected chi connectivity index (χ2v) is 2.65. The molecule has 1 aliphatic rings. The van der Waals surface area contributed by atoms with Crippen molar-refractivity contribution < 1.29 is 9.53 Å². The first-order valence-corrected chi connectivity index (χ1v) is 3.83. The van der Waals surface area contributed by atoms with Crippen molar-refractivity contribution in [2.45, 2.75) is 25.3 Å². The molecular formula is C8H13NO2. The van der Waals surface area contributed by atoms with E-state index >= 15 is 0 Å². The highest BCUT2D eigenvalue weighted by atomic mass is 16.5. The maximum absolute atomic E-state index is 10.6. The van der Waals surface area contributed by atoms with Crippen molar-refractivity contribution in [3.05, 3.63) is 12.3 Å². The van der Waals surface area contributed by atoms with Crippen LogP contribution in [-0.2, 0) is 9.53 Å².